The molecule has 1 aromatic rings. The quantitative estimate of drug-likeness (QED) is 0.707. The first-order valence-corrected chi connectivity index (χ1v) is 6.65. The van der Waals surface area contributed by atoms with Crippen LogP contribution in [0.1, 0.15) is 38.7 Å². The molecule has 2 unspecified atom stereocenters. The molecule has 19 heavy (non-hydrogen) atoms. The molecule has 0 aliphatic rings. The summed E-state index contributed by atoms with van der Waals surface area (Å²) in [5.41, 5.74) is 5.78. The number of aromatic hydroxyl groups is 1. The molecule has 1 rings (SSSR count). The Kier molecular flexibility index (Phi) is 5.36. The normalized spacial score (nSPS) is 15.7. The molecule has 4 heteroatoms. The van der Waals surface area contributed by atoms with Crippen molar-refractivity contribution in [2.75, 3.05) is 0 Å². The van der Waals surface area contributed by atoms with Gasteiger partial charge in [0.25, 0.3) is 0 Å². The van der Waals surface area contributed by atoms with Crippen LogP contribution < -0.4 is 5.73 Å². The van der Waals surface area contributed by atoms with Crippen molar-refractivity contribution in [3.63, 3.8) is 0 Å². The third-order valence-electron chi connectivity index (χ3n) is 3.56. The van der Waals surface area contributed by atoms with E-state index in [9.17, 15) is 9.90 Å². The average molecular weight is 265 g/mol. The molecule has 0 spiro atoms. The molecule has 0 radical (unpaired) electrons. The van der Waals surface area contributed by atoms with Crippen molar-refractivity contribution in [3.8, 4) is 5.75 Å². The standard InChI is InChI=1S/C15H23NO3/c1-3-11(10-15(2,16)14(18)19)4-5-12-6-8-13(17)9-7-12/h6-9,11,17H,3-5,10,16H2,1-2H3,(H,18,19). The molecule has 0 heterocycles. The Morgan fingerprint density at radius 1 is 1.37 bits per heavy atom. The Labute approximate surface area is 114 Å². The first kappa shape index (κ1) is 15.5. The van der Waals surface area contributed by atoms with Crippen LogP contribution in [0.3, 0.4) is 0 Å². The van der Waals surface area contributed by atoms with Crippen LogP contribution >= 0.6 is 0 Å². The van der Waals surface area contributed by atoms with Gasteiger partial charge in [-0.15, -0.1) is 0 Å². The van der Waals surface area contributed by atoms with E-state index in [0.29, 0.717) is 12.3 Å². The third-order valence-corrected chi connectivity index (χ3v) is 3.56. The molecule has 0 fully saturated rings. The van der Waals surface area contributed by atoms with Gasteiger partial charge in [-0.1, -0.05) is 25.5 Å². The number of phenols is 1. The van der Waals surface area contributed by atoms with Gasteiger partial charge >= 0.3 is 5.97 Å². The van der Waals surface area contributed by atoms with Crippen molar-refractivity contribution in [2.24, 2.45) is 11.7 Å². The molecule has 4 nitrogen and oxygen atoms in total. The molecule has 0 aliphatic heterocycles. The van der Waals surface area contributed by atoms with Gasteiger partial charge in [0.1, 0.15) is 11.3 Å². The number of hydrogen-bond donors (Lipinski definition) is 3. The minimum Gasteiger partial charge on any atom is -0.508 e. The number of carbonyl (C=O) groups is 1. The van der Waals surface area contributed by atoms with Crippen LogP contribution in [0, 0.1) is 5.92 Å². The largest absolute Gasteiger partial charge is 0.508 e. The van der Waals surface area contributed by atoms with Gasteiger partial charge in [-0.05, 0) is 49.8 Å². The Hall–Kier alpha value is -1.55. The Morgan fingerprint density at radius 2 is 1.95 bits per heavy atom. The van der Waals surface area contributed by atoms with Crippen molar-refractivity contribution >= 4 is 5.97 Å². The monoisotopic (exact) mass is 265 g/mol. The van der Waals surface area contributed by atoms with Crippen LogP contribution in [0.2, 0.25) is 0 Å². The molecule has 0 saturated carbocycles. The number of benzene rings is 1. The molecule has 4 N–H and O–H groups in total. The van der Waals surface area contributed by atoms with Crippen LogP contribution in [0.4, 0.5) is 0 Å². The van der Waals surface area contributed by atoms with Gasteiger partial charge < -0.3 is 15.9 Å². The van der Waals surface area contributed by atoms with Crippen LogP contribution in [0.25, 0.3) is 0 Å². The SMILES string of the molecule is CCC(CCc1ccc(O)cc1)CC(C)(N)C(=O)O. The lowest BCUT2D eigenvalue weighted by atomic mass is 9.85. The van der Waals surface area contributed by atoms with Gasteiger partial charge in [-0.2, -0.15) is 0 Å². The summed E-state index contributed by atoms with van der Waals surface area (Å²) < 4.78 is 0. The lowest BCUT2D eigenvalue weighted by Gasteiger charge is -2.25. The van der Waals surface area contributed by atoms with Gasteiger partial charge in [0.15, 0.2) is 0 Å². The van der Waals surface area contributed by atoms with Crippen molar-refractivity contribution in [3.05, 3.63) is 29.8 Å². The molecule has 106 valence electrons. The molecular formula is C15H23NO3. The first-order valence-electron chi connectivity index (χ1n) is 6.65. The highest BCUT2D eigenvalue weighted by Crippen LogP contribution is 2.23. The topological polar surface area (TPSA) is 83.5 Å². The maximum Gasteiger partial charge on any atom is 0.323 e. The van der Waals surface area contributed by atoms with E-state index in [0.717, 1.165) is 24.8 Å². The number of carboxylic acids is 1. The fraction of sp³-hybridized carbons (Fsp3) is 0.533. The maximum atomic E-state index is 11.0. The summed E-state index contributed by atoms with van der Waals surface area (Å²) in [4.78, 5) is 11.0. The number of aliphatic carboxylic acids is 1. The van der Waals surface area contributed by atoms with E-state index >= 15 is 0 Å². The minimum absolute atomic E-state index is 0.260. The van der Waals surface area contributed by atoms with E-state index in [2.05, 4.69) is 6.92 Å². The van der Waals surface area contributed by atoms with E-state index in [1.807, 2.05) is 12.1 Å². The highest BCUT2D eigenvalue weighted by atomic mass is 16.4. The smallest absolute Gasteiger partial charge is 0.323 e. The second-order valence-corrected chi connectivity index (χ2v) is 5.41. The highest BCUT2D eigenvalue weighted by molar-refractivity contribution is 5.77. The number of carboxylic acid groups (broad SMARTS) is 1. The number of aryl methyl sites for hydroxylation is 1. The number of phenolic OH excluding ortho intramolecular Hbond substituents is 1. The fourth-order valence-electron chi connectivity index (χ4n) is 2.17. The summed E-state index contributed by atoms with van der Waals surface area (Å²) in [6.07, 6.45) is 3.17. The van der Waals surface area contributed by atoms with Crippen molar-refractivity contribution in [1.82, 2.24) is 0 Å². The molecule has 0 amide bonds. The molecule has 0 aromatic heterocycles. The number of hydrogen-bond acceptors (Lipinski definition) is 3. The average Bonchev–Trinajstić information content (AvgIpc) is 2.36. The minimum atomic E-state index is -1.16. The highest BCUT2D eigenvalue weighted by Gasteiger charge is 2.30. The second kappa shape index (κ2) is 6.57. The Bertz CT molecular complexity index is 412. The Morgan fingerprint density at radius 3 is 2.42 bits per heavy atom. The molecule has 0 saturated heterocycles. The fourth-order valence-corrected chi connectivity index (χ4v) is 2.17. The maximum absolute atomic E-state index is 11.0. The summed E-state index contributed by atoms with van der Waals surface area (Å²) in [6.45, 7) is 3.62. The molecular weight excluding hydrogens is 242 g/mol. The zero-order valence-electron chi connectivity index (χ0n) is 11.6. The predicted molar refractivity (Wildman–Crippen MR) is 75.1 cm³/mol. The summed E-state index contributed by atoms with van der Waals surface area (Å²) in [5, 5.41) is 18.3. The number of rotatable bonds is 7. The summed E-state index contributed by atoms with van der Waals surface area (Å²) in [5.74, 6) is -0.397. The van der Waals surface area contributed by atoms with Crippen LogP contribution in [-0.2, 0) is 11.2 Å². The van der Waals surface area contributed by atoms with E-state index in [4.69, 9.17) is 10.8 Å². The summed E-state index contributed by atoms with van der Waals surface area (Å²) >= 11 is 0. The Balaban J connectivity index is 2.53. The van der Waals surface area contributed by atoms with Crippen LogP contribution in [0.15, 0.2) is 24.3 Å². The molecule has 0 aliphatic carbocycles. The van der Waals surface area contributed by atoms with Gasteiger partial charge in [-0.3, -0.25) is 4.79 Å². The molecule has 2 atom stereocenters. The lowest BCUT2D eigenvalue weighted by molar-refractivity contribution is -0.143. The zero-order valence-corrected chi connectivity index (χ0v) is 11.6. The summed E-state index contributed by atoms with van der Waals surface area (Å²) in [6, 6.07) is 7.11. The second-order valence-electron chi connectivity index (χ2n) is 5.41. The van der Waals surface area contributed by atoms with Gasteiger partial charge in [0.05, 0.1) is 0 Å². The van der Waals surface area contributed by atoms with Crippen molar-refractivity contribution in [1.29, 1.82) is 0 Å². The van der Waals surface area contributed by atoms with Gasteiger partial charge in [-0.25, -0.2) is 0 Å². The molecule has 0 bridgehead atoms. The van der Waals surface area contributed by atoms with E-state index in [1.54, 1.807) is 19.1 Å². The van der Waals surface area contributed by atoms with Crippen LogP contribution in [-0.4, -0.2) is 21.7 Å². The number of nitrogens with two attached hydrogens (primary N) is 1. The van der Waals surface area contributed by atoms with E-state index in [-0.39, 0.29) is 5.75 Å². The van der Waals surface area contributed by atoms with Gasteiger partial charge in [0, 0.05) is 0 Å². The lowest BCUT2D eigenvalue weighted by Crippen LogP contribution is -2.46. The predicted octanol–water partition coefficient (Wildman–Crippen LogP) is 2.54. The van der Waals surface area contributed by atoms with Crippen molar-refractivity contribution < 1.29 is 15.0 Å². The first-order chi connectivity index (χ1) is 8.85. The van der Waals surface area contributed by atoms with Crippen molar-refractivity contribution in [2.45, 2.75) is 45.1 Å². The van der Waals surface area contributed by atoms with Crippen LogP contribution in [0.5, 0.6) is 5.75 Å². The van der Waals surface area contributed by atoms with Gasteiger partial charge in [0.2, 0.25) is 0 Å². The molecule has 1 aromatic carbocycles. The third kappa shape index (κ3) is 4.91. The summed E-state index contributed by atoms with van der Waals surface area (Å²) in [7, 11) is 0. The van der Waals surface area contributed by atoms with E-state index in [1.165, 1.54) is 0 Å². The zero-order chi connectivity index (χ0) is 14.5. The van der Waals surface area contributed by atoms with E-state index < -0.39 is 11.5 Å².